The second kappa shape index (κ2) is 10.3. The molecule has 1 aliphatic heterocycles. The van der Waals surface area contributed by atoms with Crippen molar-refractivity contribution < 1.29 is 13.6 Å². The molecule has 160 valence electrons. The average molecular weight is 446 g/mol. The van der Waals surface area contributed by atoms with Crippen molar-refractivity contribution in [3.8, 4) is 0 Å². The number of rotatable bonds is 4. The van der Waals surface area contributed by atoms with Crippen molar-refractivity contribution in [2.24, 2.45) is 5.73 Å². The van der Waals surface area contributed by atoms with Crippen molar-refractivity contribution in [1.29, 1.82) is 0 Å². The van der Waals surface area contributed by atoms with Gasteiger partial charge in [-0.25, -0.2) is 8.78 Å². The molecule has 2 N–H and O–H groups in total. The van der Waals surface area contributed by atoms with Gasteiger partial charge < -0.3 is 10.6 Å². The fourth-order valence-electron chi connectivity index (χ4n) is 3.49. The van der Waals surface area contributed by atoms with Gasteiger partial charge in [0.2, 0.25) is 5.91 Å². The van der Waals surface area contributed by atoms with Crippen molar-refractivity contribution in [3.63, 3.8) is 0 Å². The highest BCUT2D eigenvalue weighted by Gasteiger charge is 2.32. The van der Waals surface area contributed by atoms with Gasteiger partial charge >= 0.3 is 0 Å². The van der Waals surface area contributed by atoms with Gasteiger partial charge in [0.25, 0.3) is 0 Å². The highest BCUT2D eigenvalue weighted by Crippen LogP contribution is 2.30. The van der Waals surface area contributed by atoms with Gasteiger partial charge in [-0.1, -0.05) is 24.3 Å². The Balaban J connectivity index is 0.00000210. The van der Waals surface area contributed by atoms with Crippen molar-refractivity contribution in [2.45, 2.75) is 25.4 Å². The van der Waals surface area contributed by atoms with E-state index in [-0.39, 0.29) is 48.4 Å². The lowest BCUT2D eigenvalue weighted by atomic mass is 9.96. The number of nitrogens with zero attached hydrogens (tertiary/aromatic N) is 2. The van der Waals surface area contributed by atoms with Crippen LogP contribution < -0.4 is 5.73 Å². The van der Waals surface area contributed by atoms with Gasteiger partial charge in [0.15, 0.2) is 0 Å². The van der Waals surface area contributed by atoms with Crippen LogP contribution in [0.5, 0.6) is 0 Å². The Morgan fingerprint density at radius 3 is 1.59 bits per heavy atom. The monoisotopic (exact) mass is 445 g/mol. The van der Waals surface area contributed by atoms with Crippen LogP contribution in [0, 0.1) is 11.6 Å². The zero-order chi connectivity index (χ0) is 19.6. The van der Waals surface area contributed by atoms with Crippen LogP contribution in [0.4, 0.5) is 8.78 Å². The van der Waals surface area contributed by atoms with E-state index in [9.17, 15) is 13.6 Å². The molecule has 3 rings (SSSR count). The molecule has 0 saturated carbocycles. The minimum atomic E-state index is -0.893. The second-order valence-electron chi connectivity index (χ2n) is 7.56. The first-order valence-electron chi connectivity index (χ1n) is 9.09. The molecule has 8 heteroatoms. The third-order valence-electron chi connectivity index (χ3n) is 4.89. The Labute approximate surface area is 182 Å². The molecular weight excluding hydrogens is 419 g/mol. The highest BCUT2D eigenvalue weighted by atomic mass is 35.5. The summed E-state index contributed by atoms with van der Waals surface area (Å²) in [5, 5.41) is 0. The molecule has 0 atom stereocenters. The zero-order valence-corrected chi connectivity index (χ0v) is 18.1. The first-order valence-corrected chi connectivity index (χ1v) is 9.09. The fourth-order valence-corrected chi connectivity index (χ4v) is 3.49. The zero-order valence-electron chi connectivity index (χ0n) is 16.5. The van der Waals surface area contributed by atoms with Gasteiger partial charge in [-0.3, -0.25) is 9.69 Å². The molecule has 2 aromatic carbocycles. The Morgan fingerprint density at radius 1 is 0.862 bits per heavy atom. The molecule has 1 fully saturated rings. The number of hydrogen-bond donors (Lipinski definition) is 1. The predicted molar refractivity (Wildman–Crippen MR) is 116 cm³/mol. The van der Waals surface area contributed by atoms with E-state index in [1.807, 2.05) is 0 Å². The standard InChI is InChI=1S/C21H25F2N3O.2ClH/c1-21(2,24)20(27)26-13-11-25(12-14-26)19(15-3-7-17(22)8-4-15)16-5-9-18(23)10-6-16;;/h3-10,19H,11-14,24H2,1-2H3;2*1H. The summed E-state index contributed by atoms with van der Waals surface area (Å²) in [4.78, 5) is 16.4. The van der Waals surface area contributed by atoms with Gasteiger partial charge in [-0.15, -0.1) is 24.8 Å². The minimum absolute atomic E-state index is 0. The maximum atomic E-state index is 13.4. The molecule has 1 aliphatic rings. The van der Waals surface area contributed by atoms with E-state index in [2.05, 4.69) is 4.90 Å². The lowest BCUT2D eigenvalue weighted by Crippen LogP contribution is -2.57. The number of piperazine rings is 1. The Hall–Kier alpha value is -1.73. The number of nitrogens with two attached hydrogens (primary N) is 1. The van der Waals surface area contributed by atoms with Gasteiger partial charge in [-0.05, 0) is 49.2 Å². The molecular formula is C21H27Cl2F2N3O. The highest BCUT2D eigenvalue weighted by molar-refractivity contribution is 5.86. The van der Waals surface area contributed by atoms with Crippen LogP contribution in [0.3, 0.4) is 0 Å². The van der Waals surface area contributed by atoms with Crippen LogP contribution >= 0.6 is 24.8 Å². The molecule has 0 unspecified atom stereocenters. The summed E-state index contributed by atoms with van der Waals surface area (Å²) in [6.07, 6.45) is 0. The molecule has 1 saturated heterocycles. The normalized spacial score (nSPS) is 14.9. The third-order valence-corrected chi connectivity index (χ3v) is 4.89. The predicted octanol–water partition coefficient (Wildman–Crippen LogP) is 3.78. The molecule has 4 nitrogen and oxygen atoms in total. The Morgan fingerprint density at radius 2 is 1.24 bits per heavy atom. The van der Waals surface area contributed by atoms with Crippen molar-refractivity contribution in [3.05, 3.63) is 71.3 Å². The van der Waals surface area contributed by atoms with E-state index in [0.29, 0.717) is 26.2 Å². The summed E-state index contributed by atoms with van der Waals surface area (Å²) in [7, 11) is 0. The SMILES string of the molecule is CC(C)(N)C(=O)N1CCN(C(c2ccc(F)cc2)c2ccc(F)cc2)CC1.Cl.Cl. The lowest BCUT2D eigenvalue weighted by molar-refractivity contribution is -0.137. The first-order chi connectivity index (χ1) is 12.8. The summed E-state index contributed by atoms with van der Waals surface area (Å²) in [6, 6.07) is 12.6. The fraction of sp³-hybridized carbons (Fsp3) is 0.381. The van der Waals surface area contributed by atoms with Crippen LogP contribution in [0.15, 0.2) is 48.5 Å². The van der Waals surface area contributed by atoms with E-state index < -0.39 is 5.54 Å². The number of carbonyl (C=O) groups is 1. The molecule has 1 heterocycles. The van der Waals surface area contributed by atoms with Gasteiger partial charge in [0, 0.05) is 26.2 Å². The molecule has 0 bridgehead atoms. The second-order valence-corrected chi connectivity index (χ2v) is 7.56. The number of hydrogen-bond acceptors (Lipinski definition) is 3. The first kappa shape index (κ1) is 25.3. The molecule has 29 heavy (non-hydrogen) atoms. The van der Waals surface area contributed by atoms with E-state index in [1.54, 1.807) is 43.0 Å². The summed E-state index contributed by atoms with van der Waals surface area (Å²) in [5.41, 5.74) is 6.91. The summed E-state index contributed by atoms with van der Waals surface area (Å²) in [5.74, 6) is -0.656. The third kappa shape index (κ3) is 6.12. The van der Waals surface area contributed by atoms with Crippen LogP contribution in [-0.2, 0) is 4.79 Å². The maximum Gasteiger partial charge on any atom is 0.242 e. The van der Waals surface area contributed by atoms with Gasteiger partial charge in [-0.2, -0.15) is 0 Å². The van der Waals surface area contributed by atoms with E-state index in [4.69, 9.17) is 5.73 Å². The Bertz CT molecular complexity index is 742. The quantitative estimate of drug-likeness (QED) is 0.778. The van der Waals surface area contributed by atoms with Crippen LogP contribution in [0.25, 0.3) is 0 Å². The lowest BCUT2D eigenvalue weighted by Gasteiger charge is -2.41. The van der Waals surface area contributed by atoms with Crippen LogP contribution in [0.2, 0.25) is 0 Å². The van der Waals surface area contributed by atoms with Crippen molar-refractivity contribution in [2.75, 3.05) is 26.2 Å². The summed E-state index contributed by atoms with van der Waals surface area (Å²) >= 11 is 0. The molecule has 0 radical (unpaired) electrons. The average Bonchev–Trinajstić information content (AvgIpc) is 2.64. The molecule has 0 aliphatic carbocycles. The number of halogens is 4. The van der Waals surface area contributed by atoms with E-state index in [1.165, 1.54) is 24.3 Å². The van der Waals surface area contributed by atoms with Crippen molar-refractivity contribution >= 4 is 30.7 Å². The maximum absolute atomic E-state index is 13.4. The van der Waals surface area contributed by atoms with Crippen molar-refractivity contribution in [1.82, 2.24) is 9.80 Å². The molecule has 2 aromatic rings. The van der Waals surface area contributed by atoms with Gasteiger partial charge in [0.1, 0.15) is 11.6 Å². The minimum Gasteiger partial charge on any atom is -0.339 e. The van der Waals surface area contributed by atoms with Crippen LogP contribution in [-0.4, -0.2) is 47.4 Å². The topological polar surface area (TPSA) is 49.6 Å². The van der Waals surface area contributed by atoms with Crippen LogP contribution in [0.1, 0.15) is 31.0 Å². The molecule has 1 amide bonds. The number of benzene rings is 2. The number of amides is 1. The summed E-state index contributed by atoms with van der Waals surface area (Å²) < 4.78 is 26.8. The van der Waals surface area contributed by atoms with E-state index >= 15 is 0 Å². The Kier molecular flexibility index (Phi) is 9.03. The molecule has 0 spiro atoms. The largest absolute Gasteiger partial charge is 0.339 e. The number of carbonyl (C=O) groups excluding carboxylic acids is 1. The van der Waals surface area contributed by atoms with Gasteiger partial charge in [0.05, 0.1) is 11.6 Å². The smallest absolute Gasteiger partial charge is 0.242 e. The molecule has 0 aromatic heterocycles. The summed E-state index contributed by atoms with van der Waals surface area (Å²) in [6.45, 7) is 5.86. The van der Waals surface area contributed by atoms with E-state index in [0.717, 1.165) is 11.1 Å².